The number of piperidine rings is 2. The fourth-order valence-electron chi connectivity index (χ4n) is 4.70. The number of carbonyl (C=O) groups excluding carboxylic acids is 4. The minimum atomic E-state index is -0.661. The number of hydrogen-bond acceptors (Lipinski definition) is 5. The van der Waals surface area contributed by atoms with Gasteiger partial charge in [0, 0.05) is 37.1 Å². The molecule has 33 heavy (non-hydrogen) atoms. The Morgan fingerprint density at radius 1 is 1.21 bits per heavy atom. The summed E-state index contributed by atoms with van der Waals surface area (Å²) >= 11 is 0. The summed E-state index contributed by atoms with van der Waals surface area (Å²) in [5.41, 5.74) is 1.55. The second kappa shape index (κ2) is 9.72. The van der Waals surface area contributed by atoms with Crippen molar-refractivity contribution in [2.75, 3.05) is 19.8 Å². The first-order chi connectivity index (χ1) is 15.9. The highest BCUT2D eigenvalue weighted by Gasteiger charge is 2.39. The van der Waals surface area contributed by atoms with E-state index in [0.29, 0.717) is 24.3 Å². The van der Waals surface area contributed by atoms with Gasteiger partial charge < -0.3 is 14.5 Å². The topological polar surface area (TPSA) is 96.0 Å². The van der Waals surface area contributed by atoms with Gasteiger partial charge >= 0.3 is 0 Å². The third kappa shape index (κ3) is 4.77. The SMILES string of the molecule is C=C(CCF)C(=O)N1CCCC[C@@H]1COc1ccc2c(c1)CN(C1CCC(=O)NC1=O)C2=O. The molecule has 4 rings (SSSR count). The van der Waals surface area contributed by atoms with Crippen LogP contribution in [0.1, 0.15) is 54.4 Å². The Morgan fingerprint density at radius 3 is 2.79 bits per heavy atom. The third-order valence-electron chi connectivity index (χ3n) is 6.52. The molecular weight excluding hydrogens is 429 g/mol. The molecule has 1 aromatic carbocycles. The highest BCUT2D eigenvalue weighted by molar-refractivity contribution is 6.05. The van der Waals surface area contributed by atoms with E-state index < -0.39 is 18.6 Å². The quantitative estimate of drug-likeness (QED) is 0.500. The number of ether oxygens (including phenoxy) is 1. The average molecular weight is 458 g/mol. The molecule has 2 fully saturated rings. The highest BCUT2D eigenvalue weighted by Crippen LogP contribution is 2.30. The minimum Gasteiger partial charge on any atom is -0.491 e. The van der Waals surface area contributed by atoms with Crippen molar-refractivity contribution >= 4 is 23.6 Å². The van der Waals surface area contributed by atoms with E-state index in [4.69, 9.17) is 4.74 Å². The van der Waals surface area contributed by atoms with Gasteiger partial charge in [0.05, 0.1) is 12.7 Å². The monoisotopic (exact) mass is 457 g/mol. The van der Waals surface area contributed by atoms with E-state index in [-0.39, 0.29) is 55.3 Å². The first-order valence-electron chi connectivity index (χ1n) is 11.3. The molecule has 2 atom stereocenters. The molecule has 0 radical (unpaired) electrons. The van der Waals surface area contributed by atoms with Crippen LogP contribution in [0, 0.1) is 0 Å². The second-order valence-corrected chi connectivity index (χ2v) is 8.72. The maximum absolute atomic E-state index is 12.8. The van der Waals surface area contributed by atoms with Crippen LogP contribution in [0.4, 0.5) is 4.39 Å². The number of nitrogens with one attached hydrogen (secondary N) is 1. The number of benzene rings is 1. The molecule has 0 bridgehead atoms. The van der Waals surface area contributed by atoms with E-state index in [1.54, 1.807) is 23.1 Å². The van der Waals surface area contributed by atoms with Gasteiger partial charge in [-0.3, -0.25) is 28.9 Å². The Morgan fingerprint density at radius 2 is 2.03 bits per heavy atom. The van der Waals surface area contributed by atoms with Crippen LogP contribution in [-0.2, 0) is 20.9 Å². The summed E-state index contributed by atoms with van der Waals surface area (Å²) in [6.45, 7) is 4.27. The number of alkyl halides is 1. The summed E-state index contributed by atoms with van der Waals surface area (Å²) in [5.74, 6) is -0.644. The normalized spacial score (nSPS) is 22.8. The molecule has 3 heterocycles. The zero-order valence-electron chi connectivity index (χ0n) is 18.5. The van der Waals surface area contributed by atoms with Gasteiger partial charge in [0.2, 0.25) is 17.7 Å². The van der Waals surface area contributed by atoms with Gasteiger partial charge in [-0.25, -0.2) is 0 Å². The van der Waals surface area contributed by atoms with E-state index in [2.05, 4.69) is 11.9 Å². The lowest BCUT2D eigenvalue weighted by Gasteiger charge is -2.36. The highest BCUT2D eigenvalue weighted by atomic mass is 19.1. The van der Waals surface area contributed by atoms with Crippen LogP contribution < -0.4 is 10.1 Å². The molecule has 1 N–H and O–H groups in total. The molecule has 3 aliphatic heterocycles. The summed E-state index contributed by atoms with van der Waals surface area (Å²) in [5, 5.41) is 2.29. The van der Waals surface area contributed by atoms with E-state index in [9.17, 15) is 23.6 Å². The van der Waals surface area contributed by atoms with Crippen molar-refractivity contribution in [1.82, 2.24) is 15.1 Å². The van der Waals surface area contributed by atoms with Crippen molar-refractivity contribution in [3.8, 4) is 5.75 Å². The Bertz CT molecular complexity index is 994. The van der Waals surface area contributed by atoms with Crippen LogP contribution in [0.15, 0.2) is 30.4 Å². The van der Waals surface area contributed by atoms with E-state index in [1.165, 1.54) is 4.90 Å². The average Bonchev–Trinajstić information content (AvgIpc) is 3.13. The van der Waals surface area contributed by atoms with Crippen molar-refractivity contribution in [2.24, 2.45) is 0 Å². The molecule has 3 aliphatic rings. The lowest BCUT2D eigenvalue weighted by atomic mass is 10.0. The smallest absolute Gasteiger partial charge is 0.255 e. The van der Waals surface area contributed by atoms with Crippen LogP contribution >= 0.6 is 0 Å². The van der Waals surface area contributed by atoms with Gasteiger partial charge in [-0.2, -0.15) is 0 Å². The molecule has 2 saturated heterocycles. The molecule has 0 saturated carbocycles. The van der Waals surface area contributed by atoms with Crippen LogP contribution in [0.2, 0.25) is 0 Å². The fraction of sp³-hybridized carbons (Fsp3) is 0.500. The molecule has 0 spiro atoms. The number of carbonyl (C=O) groups is 4. The van der Waals surface area contributed by atoms with Gasteiger partial charge in [-0.05, 0) is 49.4 Å². The lowest BCUT2D eigenvalue weighted by Crippen LogP contribution is -2.52. The van der Waals surface area contributed by atoms with Gasteiger partial charge in [0.25, 0.3) is 5.91 Å². The summed E-state index contributed by atoms with van der Waals surface area (Å²) < 4.78 is 18.6. The van der Waals surface area contributed by atoms with Gasteiger partial charge in [0.15, 0.2) is 0 Å². The molecule has 1 unspecified atom stereocenters. The molecule has 0 aliphatic carbocycles. The number of fused-ring (bicyclic) bond motifs is 1. The Labute approximate surface area is 191 Å². The number of halogens is 1. The molecule has 176 valence electrons. The van der Waals surface area contributed by atoms with Crippen molar-refractivity contribution in [2.45, 2.75) is 57.2 Å². The van der Waals surface area contributed by atoms with Crippen molar-refractivity contribution < 1.29 is 28.3 Å². The summed E-state index contributed by atoms with van der Waals surface area (Å²) in [6.07, 6.45) is 3.22. The molecule has 0 aromatic heterocycles. The Hall–Kier alpha value is -3.23. The second-order valence-electron chi connectivity index (χ2n) is 8.72. The maximum Gasteiger partial charge on any atom is 0.255 e. The van der Waals surface area contributed by atoms with E-state index in [1.807, 2.05) is 0 Å². The predicted molar refractivity (Wildman–Crippen MR) is 117 cm³/mol. The van der Waals surface area contributed by atoms with Crippen LogP contribution in [-0.4, -0.2) is 65.3 Å². The van der Waals surface area contributed by atoms with E-state index >= 15 is 0 Å². The Kier molecular flexibility index (Phi) is 6.76. The largest absolute Gasteiger partial charge is 0.491 e. The summed E-state index contributed by atoms with van der Waals surface area (Å²) in [6, 6.07) is 4.40. The lowest BCUT2D eigenvalue weighted by molar-refractivity contribution is -0.137. The van der Waals surface area contributed by atoms with Crippen molar-refractivity contribution in [3.05, 3.63) is 41.5 Å². The van der Waals surface area contributed by atoms with Crippen molar-refractivity contribution in [3.63, 3.8) is 0 Å². The van der Waals surface area contributed by atoms with Gasteiger partial charge in [0.1, 0.15) is 18.4 Å². The van der Waals surface area contributed by atoms with E-state index in [0.717, 1.165) is 24.8 Å². The molecule has 1 aromatic rings. The number of nitrogens with zero attached hydrogens (tertiary/aromatic N) is 2. The molecule has 9 heteroatoms. The van der Waals surface area contributed by atoms with Gasteiger partial charge in [-0.1, -0.05) is 6.58 Å². The predicted octanol–water partition coefficient (Wildman–Crippen LogP) is 2.12. The minimum absolute atomic E-state index is 0.0332. The zero-order valence-corrected chi connectivity index (χ0v) is 18.5. The van der Waals surface area contributed by atoms with Crippen molar-refractivity contribution in [1.29, 1.82) is 0 Å². The summed E-state index contributed by atoms with van der Waals surface area (Å²) in [4.78, 5) is 52.3. The first kappa shape index (κ1) is 22.9. The summed E-state index contributed by atoms with van der Waals surface area (Å²) in [7, 11) is 0. The zero-order chi connectivity index (χ0) is 23.5. The molecule has 4 amide bonds. The molecular formula is C24H28FN3O5. The molecule has 8 nitrogen and oxygen atoms in total. The van der Waals surface area contributed by atoms with Gasteiger partial charge in [-0.15, -0.1) is 0 Å². The fourth-order valence-corrected chi connectivity index (χ4v) is 4.70. The van der Waals surface area contributed by atoms with Crippen LogP contribution in [0.5, 0.6) is 5.75 Å². The number of imide groups is 1. The third-order valence-corrected chi connectivity index (χ3v) is 6.52. The van der Waals surface area contributed by atoms with Crippen LogP contribution in [0.25, 0.3) is 0 Å². The number of likely N-dealkylation sites (tertiary alicyclic amines) is 1. The maximum atomic E-state index is 12.8. The first-order valence-corrected chi connectivity index (χ1v) is 11.3. The number of rotatable bonds is 7. The number of hydrogen-bond donors (Lipinski definition) is 1. The standard InChI is InChI=1S/C24H28FN3O5/c1-15(9-10-25)23(31)27-11-3-2-4-17(27)14-33-18-5-6-19-16(12-18)13-28(24(19)32)20-7-8-21(29)26-22(20)30/h5-6,12,17,20H,1-4,7-11,13-14H2,(H,26,29,30)/t17-,20?/m1/s1. The Balaban J connectivity index is 1.41. The van der Waals surface area contributed by atoms with Crippen LogP contribution in [0.3, 0.4) is 0 Å². The number of amides is 4.